The Kier molecular flexibility index (Phi) is 7.01. The molecule has 0 aliphatic heterocycles. The number of hydrogen-bond acceptors (Lipinski definition) is 6. The van der Waals surface area contributed by atoms with Crippen molar-refractivity contribution in [3.63, 3.8) is 0 Å². The molecule has 0 bridgehead atoms. The predicted molar refractivity (Wildman–Crippen MR) is 115 cm³/mol. The van der Waals surface area contributed by atoms with E-state index in [1.807, 2.05) is 0 Å². The summed E-state index contributed by atoms with van der Waals surface area (Å²) in [4.78, 5) is 16.3. The van der Waals surface area contributed by atoms with Gasteiger partial charge in [-0.05, 0) is 55.5 Å². The fourth-order valence-electron chi connectivity index (χ4n) is 2.67. The summed E-state index contributed by atoms with van der Waals surface area (Å²) >= 11 is 0. The molecule has 11 heteroatoms. The number of aromatic nitrogens is 3. The molecular formula is C22H19F3N6O2. The number of halogens is 3. The van der Waals surface area contributed by atoms with E-state index in [-0.39, 0.29) is 11.5 Å². The van der Waals surface area contributed by atoms with Gasteiger partial charge in [0.15, 0.2) is 17.3 Å². The third kappa shape index (κ3) is 5.70. The van der Waals surface area contributed by atoms with Crippen LogP contribution in [0.4, 0.5) is 13.2 Å². The van der Waals surface area contributed by atoms with Gasteiger partial charge in [-0.25, -0.2) is 4.68 Å². The number of carbonyl (C=O) groups excluding carboxylic acids is 1. The lowest BCUT2D eigenvalue weighted by molar-refractivity contribution is -0.142. The van der Waals surface area contributed by atoms with Crippen LogP contribution in [-0.4, -0.2) is 27.8 Å². The Balaban J connectivity index is 1.80. The number of methoxy groups -OCH3 is 1. The van der Waals surface area contributed by atoms with Gasteiger partial charge >= 0.3 is 6.18 Å². The van der Waals surface area contributed by atoms with Gasteiger partial charge in [-0.2, -0.15) is 18.3 Å². The minimum Gasteiger partial charge on any atom is -0.497 e. The second-order valence-corrected chi connectivity index (χ2v) is 6.54. The number of nitrogens with zero attached hydrogens (tertiary/aromatic N) is 5. The monoisotopic (exact) mass is 456 g/mol. The van der Waals surface area contributed by atoms with Crippen molar-refractivity contribution in [1.29, 1.82) is 0 Å². The minimum atomic E-state index is -4.71. The fraction of sp³-hybridized carbons (Fsp3) is 0.136. The van der Waals surface area contributed by atoms with Gasteiger partial charge < -0.3 is 10.1 Å². The number of ether oxygens (including phenoxy) is 1. The number of pyridine rings is 1. The van der Waals surface area contributed by atoms with Crippen LogP contribution >= 0.6 is 0 Å². The summed E-state index contributed by atoms with van der Waals surface area (Å²) in [6, 6.07) is 10.4. The highest BCUT2D eigenvalue weighted by Crippen LogP contribution is 2.33. The lowest BCUT2D eigenvalue weighted by atomic mass is 10.2. The maximum atomic E-state index is 13.5. The highest BCUT2D eigenvalue weighted by molar-refractivity contribution is 5.95. The van der Waals surface area contributed by atoms with Crippen molar-refractivity contribution in [3.05, 3.63) is 84.6 Å². The SMILES string of the molecule is C=C(/N=N\C(=C/C)NC(=O)c1ccc(OC)cc1)n1nc(-c2cccnc2)cc1C(F)(F)F. The molecule has 1 amide bonds. The average molecular weight is 456 g/mol. The summed E-state index contributed by atoms with van der Waals surface area (Å²) in [5, 5.41) is 14.0. The Labute approximate surface area is 187 Å². The van der Waals surface area contributed by atoms with Crippen LogP contribution in [0.5, 0.6) is 5.75 Å². The number of azo groups is 1. The van der Waals surface area contributed by atoms with Crippen molar-refractivity contribution in [3.8, 4) is 17.0 Å². The number of amides is 1. The Morgan fingerprint density at radius 1 is 1.21 bits per heavy atom. The smallest absolute Gasteiger partial charge is 0.433 e. The number of allylic oxidation sites excluding steroid dienone is 1. The van der Waals surface area contributed by atoms with E-state index in [1.54, 1.807) is 43.3 Å². The summed E-state index contributed by atoms with van der Waals surface area (Å²) in [7, 11) is 1.50. The Morgan fingerprint density at radius 2 is 1.94 bits per heavy atom. The van der Waals surface area contributed by atoms with Gasteiger partial charge in [0.1, 0.15) is 5.75 Å². The molecule has 0 unspecified atom stereocenters. The molecule has 170 valence electrons. The second-order valence-electron chi connectivity index (χ2n) is 6.54. The minimum absolute atomic E-state index is 0.0187. The van der Waals surface area contributed by atoms with E-state index in [2.05, 4.69) is 32.2 Å². The van der Waals surface area contributed by atoms with Crippen LogP contribution in [0.1, 0.15) is 23.0 Å². The van der Waals surface area contributed by atoms with Crippen LogP contribution in [-0.2, 0) is 6.18 Å². The number of alkyl halides is 3. The van der Waals surface area contributed by atoms with E-state index in [1.165, 1.54) is 25.6 Å². The molecule has 3 aromatic rings. The van der Waals surface area contributed by atoms with Gasteiger partial charge in [0.25, 0.3) is 5.91 Å². The van der Waals surface area contributed by atoms with Gasteiger partial charge in [-0.15, -0.1) is 10.2 Å². The van der Waals surface area contributed by atoms with E-state index in [9.17, 15) is 18.0 Å². The van der Waals surface area contributed by atoms with Crippen LogP contribution in [0.2, 0.25) is 0 Å². The number of hydrogen-bond donors (Lipinski definition) is 1. The molecule has 0 atom stereocenters. The quantitative estimate of drug-likeness (QED) is 0.498. The molecule has 0 fully saturated rings. The normalized spacial score (nSPS) is 12.1. The zero-order chi connectivity index (χ0) is 24.0. The van der Waals surface area contributed by atoms with Gasteiger partial charge in [0.05, 0.1) is 12.8 Å². The molecular weight excluding hydrogens is 437 g/mol. The summed E-state index contributed by atoms with van der Waals surface area (Å²) in [5.74, 6) is -0.274. The van der Waals surface area contributed by atoms with E-state index < -0.39 is 23.6 Å². The number of benzene rings is 1. The van der Waals surface area contributed by atoms with Crippen LogP contribution in [0.25, 0.3) is 17.1 Å². The molecule has 3 rings (SSSR count). The lowest BCUT2D eigenvalue weighted by Crippen LogP contribution is -2.21. The van der Waals surface area contributed by atoms with E-state index in [0.29, 0.717) is 21.6 Å². The van der Waals surface area contributed by atoms with Gasteiger partial charge in [-0.1, -0.05) is 6.58 Å². The molecule has 0 aliphatic rings. The molecule has 0 aliphatic carbocycles. The third-order valence-corrected chi connectivity index (χ3v) is 4.34. The fourth-order valence-corrected chi connectivity index (χ4v) is 2.67. The van der Waals surface area contributed by atoms with Crippen molar-refractivity contribution >= 4 is 11.7 Å². The zero-order valence-corrected chi connectivity index (χ0v) is 17.7. The average Bonchev–Trinajstić information content (AvgIpc) is 3.28. The summed E-state index contributed by atoms with van der Waals surface area (Å²) in [6.45, 7) is 5.12. The summed E-state index contributed by atoms with van der Waals surface area (Å²) in [5.41, 5.74) is -0.301. The van der Waals surface area contributed by atoms with Crippen molar-refractivity contribution < 1.29 is 22.7 Å². The topological polar surface area (TPSA) is 93.8 Å². The largest absolute Gasteiger partial charge is 0.497 e. The zero-order valence-electron chi connectivity index (χ0n) is 17.7. The first-order valence-corrected chi connectivity index (χ1v) is 9.53. The molecule has 0 saturated heterocycles. The molecule has 2 aromatic heterocycles. The molecule has 0 radical (unpaired) electrons. The highest BCUT2D eigenvalue weighted by atomic mass is 19.4. The molecule has 8 nitrogen and oxygen atoms in total. The number of rotatable bonds is 7. The molecule has 33 heavy (non-hydrogen) atoms. The van der Waals surface area contributed by atoms with Gasteiger partial charge in [0.2, 0.25) is 0 Å². The van der Waals surface area contributed by atoms with E-state index in [0.717, 1.165) is 6.07 Å². The number of nitrogens with one attached hydrogen (secondary N) is 1. The predicted octanol–water partition coefficient (Wildman–Crippen LogP) is 5.14. The Morgan fingerprint density at radius 3 is 2.52 bits per heavy atom. The van der Waals surface area contributed by atoms with Crippen LogP contribution < -0.4 is 10.1 Å². The third-order valence-electron chi connectivity index (χ3n) is 4.34. The molecule has 1 aromatic carbocycles. The number of carbonyl (C=O) groups is 1. The van der Waals surface area contributed by atoms with Crippen molar-refractivity contribution in [2.45, 2.75) is 13.1 Å². The van der Waals surface area contributed by atoms with Gasteiger partial charge in [0, 0.05) is 23.5 Å². The van der Waals surface area contributed by atoms with Crippen LogP contribution in [0, 0.1) is 0 Å². The van der Waals surface area contributed by atoms with Crippen molar-refractivity contribution in [2.24, 2.45) is 10.2 Å². The van der Waals surface area contributed by atoms with Crippen LogP contribution in [0.15, 0.2) is 83.6 Å². The first kappa shape index (κ1) is 23.4. The lowest BCUT2D eigenvalue weighted by Gasteiger charge is -2.09. The standard InChI is InChI=1S/C22H19F3N6O2/c1-4-20(27-21(32)15-7-9-17(33-3)10-8-15)29-28-14(2)31-19(22(23,24)25)12-18(30-31)16-6-5-11-26-13-16/h4-13H,2H2,1,3H3,(H,27,32)/b20-4-,29-28-. The van der Waals surface area contributed by atoms with Crippen LogP contribution in [0.3, 0.4) is 0 Å². The molecule has 0 saturated carbocycles. The molecule has 0 spiro atoms. The Bertz CT molecular complexity index is 1200. The van der Waals surface area contributed by atoms with Gasteiger partial charge in [-0.3, -0.25) is 9.78 Å². The summed E-state index contributed by atoms with van der Waals surface area (Å²) in [6.07, 6.45) is -0.383. The summed E-state index contributed by atoms with van der Waals surface area (Å²) < 4.78 is 46.2. The maximum absolute atomic E-state index is 13.5. The van der Waals surface area contributed by atoms with E-state index >= 15 is 0 Å². The highest BCUT2D eigenvalue weighted by Gasteiger charge is 2.37. The first-order chi connectivity index (χ1) is 15.7. The Hall–Kier alpha value is -4.28. The van der Waals surface area contributed by atoms with E-state index in [4.69, 9.17) is 4.74 Å². The van der Waals surface area contributed by atoms with Crippen molar-refractivity contribution in [2.75, 3.05) is 7.11 Å². The van der Waals surface area contributed by atoms with Crippen molar-refractivity contribution in [1.82, 2.24) is 20.1 Å². The molecule has 2 heterocycles. The second kappa shape index (κ2) is 9.90. The maximum Gasteiger partial charge on any atom is 0.433 e. The first-order valence-electron chi connectivity index (χ1n) is 9.53. The molecule has 1 N–H and O–H groups in total.